The van der Waals surface area contributed by atoms with E-state index in [1.54, 1.807) is 12.3 Å². The van der Waals surface area contributed by atoms with Crippen LogP contribution in [0.3, 0.4) is 0 Å². The van der Waals surface area contributed by atoms with E-state index in [0.29, 0.717) is 17.2 Å². The third kappa shape index (κ3) is 3.19. The van der Waals surface area contributed by atoms with E-state index in [1.807, 2.05) is 24.6 Å². The smallest absolute Gasteiger partial charge is 0.227 e. The Kier molecular flexibility index (Phi) is 3.61. The number of fused-ring (bicyclic) bond motifs is 3. The molecular weight excluding hydrogens is 344 g/mol. The minimum Gasteiger partial charge on any atom is -0.437 e. The zero-order valence-electron chi connectivity index (χ0n) is 21.1. The zero-order valence-corrected chi connectivity index (χ0v) is 17.1. The molecule has 0 aliphatic carbocycles. The molecule has 0 fully saturated rings. The maximum absolute atomic E-state index is 8.40. The summed E-state index contributed by atoms with van der Waals surface area (Å²) < 4.78 is 39.8. The number of rotatable bonds is 4. The molecule has 1 aromatic carbocycles. The van der Waals surface area contributed by atoms with Crippen LogP contribution in [0.25, 0.3) is 33.3 Å². The van der Waals surface area contributed by atoms with Gasteiger partial charge in [-0.3, -0.25) is 0 Å². The van der Waals surface area contributed by atoms with E-state index in [2.05, 4.69) is 38.1 Å². The maximum atomic E-state index is 8.40. The van der Waals surface area contributed by atoms with Crippen LogP contribution < -0.4 is 4.57 Å². The first kappa shape index (κ1) is 14.3. The molecule has 0 aliphatic rings. The SMILES string of the molecule is [2H]C([2H])([2H])C([2H])(C)c1ccc(-c2c(C)ccc3c2oc2nc(CC(C)C)ccc23)[n+](C)c1. The number of hydrogen-bond acceptors (Lipinski definition) is 2. The summed E-state index contributed by atoms with van der Waals surface area (Å²) in [5.74, 6) is -1.18. The predicted molar refractivity (Wildman–Crippen MR) is 115 cm³/mol. The van der Waals surface area contributed by atoms with Gasteiger partial charge in [-0.15, -0.1) is 0 Å². The van der Waals surface area contributed by atoms with Gasteiger partial charge in [-0.2, -0.15) is 0 Å². The summed E-state index contributed by atoms with van der Waals surface area (Å²) in [6, 6.07) is 11.9. The topological polar surface area (TPSA) is 29.9 Å². The van der Waals surface area contributed by atoms with Gasteiger partial charge in [0.15, 0.2) is 11.8 Å². The lowest BCUT2D eigenvalue weighted by Crippen LogP contribution is -2.31. The van der Waals surface area contributed by atoms with Gasteiger partial charge in [-0.05, 0) is 48.9 Å². The summed E-state index contributed by atoms with van der Waals surface area (Å²) in [7, 11) is 1.87. The van der Waals surface area contributed by atoms with Crippen molar-refractivity contribution in [2.24, 2.45) is 13.0 Å². The first-order valence-electron chi connectivity index (χ1n) is 11.7. The first-order chi connectivity index (χ1) is 14.9. The Balaban J connectivity index is 1.90. The molecule has 3 heterocycles. The van der Waals surface area contributed by atoms with Crippen molar-refractivity contribution in [3.63, 3.8) is 0 Å². The van der Waals surface area contributed by atoms with Crippen LogP contribution in [0.5, 0.6) is 0 Å². The van der Waals surface area contributed by atoms with Gasteiger partial charge < -0.3 is 4.42 Å². The third-order valence-electron chi connectivity index (χ3n) is 5.21. The minimum atomic E-state index is -2.42. The van der Waals surface area contributed by atoms with Gasteiger partial charge in [0.1, 0.15) is 7.05 Å². The second-order valence-electron chi connectivity index (χ2n) is 8.03. The van der Waals surface area contributed by atoms with E-state index in [9.17, 15) is 0 Å². The summed E-state index contributed by atoms with van der Waals surface area (Å²) >= 11 is 0. The molecule has 0 radical (unpaired) electrons. The highest BCUT2D eigenvalue weighted by molar-refractivity contribution is 6.08. The molecular formula is C25H29N2O+. The number of benzene rings is 1. The maximum Gasteiger partial charge on any atom is 0.227 e. The van der Waals surface area contributed by atoms with Gasteiger partial charge in [-0.1, -0.05) is 39.8 Å². The number of pyridine rings is 2. The van der Waals surface area contributed by atoms with Crippen LogP contribution in [-0.4, -0.2) is 4.98 Å². The van der Waals surface area contributed by atoms with Crippen molar-refractivity contribution in [2.75, 3.05) is 0 Å². The largest absolute Gasteiger partial charge is 0.437 e. The third-order valence-corrected chi connectivity index (χ3v) is 5.21. The fourth-order valence-corrected chi connectivity index (χ4v) is 3.80. The van der Waals surface area contributed by atoms with Crippen molar-refractivity contribution in [3.8, 4) is 11.3 Å². The Morgan fingerprint density at radius 2 is 1.89 bits per heavy atom. The molecule has 1 atom stereocenters. The van der Waals surface area contributed by atoms with Crippen LogP contribution >= 0.6 is 0 Å². The van der Waals surface area contributed by atoms with E-state index < -0.39 is 12.7 Å². The second kappa shape index (κ2) is 7.05. The zero-order chi connectivity index (χ0) is 23.4. The average Bonchev–Trinajstić information content (AvgIpc) is 3.04. The van der Waals surface area contributed by atoms with Crippen LogP contribution in [0.1, 0.15) is 55.8 Å². The van der Waals surface area contributed by atoms with Gasteiger partial charge in [0, 0.05) is 33.6 Å². The van der Waals surface area contributed by atoms with Crippen LogP contribution in [0.2, 0.25) is 0 Å². The van der Waals surface area contributed by atoms with E-state index in [-0.39, 0.29) is 0 Å². The van der Waals surface area contributed by atoms with E-state index >= 15 is 0 Å². The molecule has 0 saturated carbocycles. The fourth-order valence-electron chi connectivity index (χ4n) is 3.80. The van der Waals surface area contributed by atoms with Crippen molar-refractivity contribution >= 4 is 22.1 Å². The van der Waals surface area contributed by atoms with Crippen molar-refractivity contribution in [1.82, 2.24) is 4.98 Å². The highest BCUT2D eigenvalue weighted by Gasteiger charge is 2.21. The molecule has 4 aromatic rings. The summed E-state index contributed by atoms with van der Waals surface area (Å²) in [5.41, 5.74) is 5.73. The van der Waals surface area contributed by atoms with Crippen LogP contribution in [-0.2, 0) is 13.5 Å². The number of aromatic nitrogens is 2. The molecule has 4 rings (SSSR count). The Labute approximate surface area is 172 Å². The lowest BCUT2D eigenvalue weighted by molar-refractivity contribution is -0.660. The monoisotopic (exact) mass is 377 g/mol. The number of hydrogen-bond donors (Lipinski definition) is 0. The Bertz CT molecular complexity index is 1320. The molecule has 0 bridgehead atoms. The van der Waals surface area contributed by atoms with E-state index in [1.165, 1.54) is 6.92 Å². The molecule has 3 nitrogen and oxygen atoms in total. The molecule has 0 spiro atoms. The van der Waals surface area contributed by atoms with Gasteiger partial charge in [0.2, 0.25) is 11.4 Å². The van der Waals surface area contributed by atoms with Crippen molar-refractivity contribution in [3.05, 3.63) is 59.4 Å². The molecule has 0 saturated heterocycles. The molecule has 1 unspecified atom stereocenters. The van der Waals surface area contributed by atoms with E-state index in [0.717, 1.165) is 45.3 Å². The molecule has 144 valence electrons. The highest BCUT2D eigenvalue weighted by Crippen LogP contribution is 2.36. The lowest BCUT2D eigenvalue weighted by Gasteiger charge is -2.08. The quantitative estimate of drug-likeness (QED) is 0.402. The lowest BCUT2D eigenvalue weighted by atomic mass is 9.99. The molecule has 3 aromatic heterocycles. The first-order valence-corrected chi connectivity index (χ1v) is 9.72. The summed E-state index contributed by atoms with van der Waals surface area (Å²) in [6.45, 7) is 5.38. The molecule has 0 aliphatic heterocycles. The Morgan fingerprint density at radius 1 is 1.11 bits per heavy atom. The second-order valence-corrected chi connectivity index (χ2v) is 8.03. The molecule has 28 heavy (non-hydrogen) atoms. The number of nitrogens with zero attached hydrogens (tertiary/aromatic N) is 2. The van der Waals surface area contributed by atoms with Crippen molar-refractivity contribution < 1.29 is 14.5 Å². The standard InChI is InChI=1S/C25H29N2O/c1-15(2)13-19-9-11-21-20-10-7-17(5)23(24(20)28-25(21)26-19)22-12-8-18(16(3)4)14-27(22)6/h7-12,14-16H,13H2,1-6H3/q+1/i3D3,16D. The number of aryl methyl sites for hydroxylation is 2. The minimum absolute atomic E-state index is 0.443. The van der Waals surface area contributed by atoms with Crippen molar-refractivity contribution in [2.45, 2.75) is 46.9 Å². The molecule has 3 heteroatoms. The van der Waals surface area contributed by atoms with Crippen LogP contribution in [0, 0.1) is 12.8 Å². The molecule has 0 amide bonds. The Morgan fingerprint density at radius 3 is 2.61 bits per heavy atom. The van der Waals surface area contributed by atoms with Crippen LogP contribution in [0.4, 0.5) is 0 Å². The highest BCUT2D eigenvalue weighted by atomic mass is 16.3. The van der Waals surface area contributed by atoms with Gasteiger partial charge >= 0.3 is 0 Å². The summed E-state index contributed by atoms with van der Waals surface area (Å²) in [4.78, 5) is 4.75. The van der Waals surface area contributed by atoms with Crippen molar-refractivity contribution in [1.29, 1.82) is 0 Å². The average molecular weight is 378 g/mol. The normalized spacial score (nSPS) is 16.6. The Hall–Kier alpha value is -2.68. The molecule has 0 N–H and O–H groups in total. The predicted octanol–water partition coefficient (Wildman–Crippen LogP) is 6.10. The number of furan rings is 1. The van der Waals surface area contributed by atoms with Gasteiger partial charge in [0.25, 0.3) is 0 Å². The van der Waals surface area contributed by atoms with E-state index in [4.69, 9.17) is 14.9 Å². The summed E-state index contributed by atoms with van der Waals surface area (Å²) in [5, 5.41) is 1.98. The van der Waals surface area contributed by atoms with Gasteiger partial charge in [-0.25, -0.2) is 9.55 Å². The van der Waals surface area contributed by atoms with Gasteiger partial charge in [0.05, 0.1) is 5.56 Å². The fraction of sp³-hybridized carbons (Fsp3) is 0.360. The van der Waals surface area contributed by atoms with Crippen LogP contribution in [0.15, 0.2) is 47.0 Å². The summed E-state index contributed by atoms with van der Waals surface area (Å²) in [6.07, 6.45) is 2.62.